The van der Waals surface area contributed by atoms with Crippen molar-refractivity contribution in [2.75, 3.05) is 16.8 Å². The summed E-state index contributed by atoms with van der Waals surface area (Å²) in [5.41, 5.74) is 2.77. The summed E-state index contributed by atoms with van der Waals surface area (Å²) in [4.78, 5) is 6.54. The van der Waals surface area contributed by atoms with Gasteiger partial charge in [0.1, 0.15) is 0 Å². The van der Waals surface area contributed by atoms with Gasteiger partial charge in [-0.05, 0) is 43.7 Å². The van der Waals surface area contributed by atoms with Crippen molar-refractivity contribution >= 4 is 46.3 Å². The highest BCUT2D eigenvalue weighted by Gasteiger charge is 2.13. The highest BCUT2D eigenvalue weighted by molar-refractivity contribution is 6.39. The number of benzene rings is 2. The number of hydrogen-bond donors (Lipinski definition) is 1. The molecule has 0 fully saturated rings. The van der Waals surface area contributed by atoms with Crippen molar-refractivity contribution in [1.29, 1.82) is 0 Å². The van der Waals surface area contributed by atoms with Crippen molar-refractivity contribution < 1.29 is 0 Å². The molecule has 0 amide bonds. The number of nitrogens with one attached hydrogen (secondary N) is 1. The Hall–Kier alpha value is -2.37. The number of nitrogens with zero attached hydrogens (tertiary/aromatic N) is 4. The van der Waals surface area contributed by atoms with Crippen LogP contribution < -0.4 is 10.2 Å². The second-order valence-electron chi connectivity index (χ2n) is 5.45. The van der Waals surface area contributed by atoms with E-state index in [1.54, 1.807) is 18.2 Å². The molecule has 0 unspecified atom stereocenters. The Balaban J connectivity index is 1.93. The van der Waals surface area contributed by atoms with Crippen LogP contribution in [-0.4, -0.2) is 21.7 Å². The molecule has 0 spiro atoms. The van der Waals surface area contributed by atoms with E-state index in [1.807, 2.05) is 36.9 Å². The molecular weight excluding hydrogens is 357 g/mol. The molecule has 3 rings (SSSR count). The summed E-state index contributed by atoms with van der Waals surface area (Å²) in [5.74, 6) is 1.02. The molecule has 25 heavy (non-hydrogen) atoms. The zero-order valence-corrected chi connectivity index (χ0v) is 15.4. The predicted octanol–water partition coefficient (Wildman–Crippen LogP) is 5.39. The van der Waals surface area contributed by atoms with E-state index in [4.69, 9.17) is 23.2 Å². The molecule has 1 heterocycles. The van der Waals surface area contributed by atoms with Gasteiger partial charge in [0.05, 0.1) is 21.9 Å². The van der Waals surface area contributed by atoms with Crippen molar-refractivity contribution in [2.24, 2.45) is 0 Å². The summed E-state index contributed by atoms with van der Waals surface area (Å²) < 4.78 is 0. The molecule has 7 heteroatoms. The van der Waals surface area contributed by atoms with Crippen molar-refractivity contribution in [3.8, 4) is 0 Å². The quantitative estimate of drug-likeness (QED) is 0.649. The van der Waals surface area contributed by atoms with Crippen LogP contribution in [0.4, 0.5) is 23.1 Å². The van der Waals surface area contributed by atoms with Crippen LogP contribution in [0, 0.1) is 6.92 Å². The fourth-order valence-corrected chi connectivity index (χ4v) is 2.94. The van der Waals surface area contributed by atoms with Crippen molar-refractivity contribution in [1.82, 2.24) is 15.2 Å². The largest absolute Gasteiger partial charge is 0.336 e. The monoisotopic (exact) mass is 373 g/mol. The maximum Gasteiger partial charge on any atom is 0.251 e. The van der Waals surface area contributed by atoms with Gasteiger partial charge in [-0.25, -0.2) is 0 Å². The summed E-state index contributed by atoms with van der Waals surface area (Å²) in [6, 6.07) is 13.5. The summed E-state index contributed by atoms with van der Waals surface area (Å²) in [6.45, 7) is 4.80. The third kappa shape index (κ3) is 4.00. The maximum atomic E-state index is 6.20. The SMILES string of the molecule is CCN(c1cccc(C)c1)c1nncc(Nc2c(Cl)cccc2Cl)n1. The first-order chi connectivity index (χ1) is 12.1. The first kappa shape index (κ1) is 17.5. The van der Waals surface area contributed by atoms with Gasteiger partial charge in [0, 0.05) is 12.2 Å². The Bertz CT molecular complexity index is 865. The molecule has 0 saturated carbocycles. The van der Waals surface area contributed by atoms with E-state index in [0.717, 1.165) is 5.69 Å². The zero-order chi connectivity index (χ0) is 17.8. The lowest BCUT2D eigenvalue weighted by Gasteiger charge is -2.21. The smallest absolute Gasteiger partial charge is 0.251 e. The molecule has 3 aromatic rings. The van der Waals surface area contributed by atoms with E-state index in [9.17, 15) is 0 Å². The average molecular weight is 374 g/mol. The zero-order valence-electron chi connectivity index (χ0n) is 13.9. The molecule has 0 bridgehead atoms. The highest BCUT2D eigenvalue weighted by atomic mass is 35.5. The number of para-hydroxylation sites is 1. The van der Waals surface area contributed by atoms with Crippen LogP contribution in [0.2, 0.25) is 10.0 Å². The molecule has 2 aromatic carbocycles. The molecular formula is C18H17Cl2N5. The maximum absolute atomic E-state index is 6.20. The van der Waals surface area contributed by atoms with Gasteiger partial charge in [-0.15, -0.1) is 5.10 Å². The second kappa shape index (κ2) is 7.68. The minimum Gasteiger partial charge on any atom is -0.336 e. The molecule has 0 aliphatic rings. The number of halogens is 2. The fraction of sp³-hybridized carbons (Fsp3) is 0.167. The molecule has 0 saturated heterocycles. The van der Waals surface area contributed by atoms with Crippen molar-refractivity contribution in [3.05, 3.63) is 64.3 Å². The summed E-state index contributed by atoms with van der Waals surface area (Å²) in [7, 11) is 0. The number of aromatic nitrogens is 3. The van der Waals surface area contributed by atoms with Gasteiger partial charge in [-0.3, -0.25) is 0 Å². The van der Waals surface area contributed by atoms with Gasteiger partial charge in [-0.1, -0.05) is 41.4 Å². The number of hydrogen-bond acceptors (Lipinski definition) is 5. The lowest BCUT2D eigenvalue weighted by Crippen LogP contribution is -2.19. The van der Waals surface area contributed by atoms with Crippen LogP contribution in [-0.2, 0) is 0 Å². The van der Waals surface area contributed by atoms with Crippen LogP contribution >= 0.6 is 23.2 Å². The van der Waals surface area contributed by atoms with E-state index >= 15 is 0 Å². The van der Waals surface area contributed by atoms with E-state index in [2.05, 4.69) is 26.6 Å². The minimum atomic E-state index is 0.501. The van der Waals surface area contributed by atoms with Crippen molar-refractivity contribution in [3.63, 3.8) is 0 Å². The first-order valence-electron chi connectivity index (χ1n) is 7.83. The Morgan fingerprint density at radius 2 is 1.80 bits per heavy atom. The number of anilines is 4. The van der Waals surface area contributed by atoms with Gasteiger partial charge in [-0.2, -0.15) is 10.1 Å². The predicted molar refractivity (Wildman–Crippen MR) is 103 cm³/mol. The van der Waals surface area contributed by atoms with Gasteiger partial charge in [0.2, 0.25) is 0 Å². The molecule has 1 aromatic heterocycles. The van der Waals surface area contributed by atoms with Crippen LogP contribution in [0.3, 0.4) is 0 Å². The van der Waals surface area contributed by atoms with Crippen LogP contribution in [0.25, 0.3) is 0 Å². The third-order valence-electron chi connectivity index (χ3n) is 3.63. The lowest BCUT2D eigenvalue weighted by molar-refractivity contribution is 0.886. The molecule has 1 N–H and O–H groups in total. The van der Waals surface area contributed by atoms with E-state index in [-0.39, 0.29) is 0 Å². The van der Waals surface area contributed by atoms with E-state index in [0.29, 0.717) is 34.0 Å². The van der Waals surface area contributed by atoms with Crippen LogP contribution in [0.15, 0.2) is 48.7 Å². The van der Waals surface area contributed by atoms with Crippen LogP contribution in [0.1, 0.15) is 12.5 Å². The molecule has 0 aliphatic carbocycles. The molecule has 128 valence electrons. The van der Waals surface area contributed by atoms with Gasteiger partial charge < -0.3 is 10.2 Å². The molecule has 0 atom stereocenters. The van der Waals surface area contributed by atoms with Crippen molar-refractivity contribution in [2.45, 2.75) is 13.8 Å². The standard InChI is InChI=1S/C18H17Cl2N5/c1-3-25(13-7-4-6-12(2)10-13)18-23-16(11-21-24-18)22-17-14(19)8-5-9-15(17)20/h4-11H,3H2,1-2H3,(H,22,23,24). The summed E-state index contributed by atoms with van der Waals surface area (Å²) in [5, 5.41) is 12.4. The Kier molecular flexibility index (Phi) is 5.36. The number of aryl methyl sites for hydroxylation is 1. The van der Waals surface area contributed by atoms with Gasteiger partial charge in [0.15, 0.2) is 5.82 Å². The second-order valence-corrected chi connectivity index (χ2v) is 6.26. The molecule has 5 nitrogen and oxygen atoms in total. The van der Waals surface area contributed by atoms with E-state index < -0.39 is 0 Å². The lowest BCUT2D eigenvalue weighted by atomic mass is 10.2. The third-order valence-corrected chi connectivity index (χ3v) is 4.26. The first-order valence-corrected chi connectivity index (χ1v) is 8.59. The average Bonchev–Trinajstić information content (AvgIpc) is 2.60. The number of rotatable bonds is 5. The van der Waals surface area contributed by atoms with E-state index in [1.165, 1.54) is 11.8 Å². The molecule has 0 radical (unpaired) electrons. The Morgan fingerprint density at radius 3 is 2.48 bits per heavy atom. The summed E-state index contributed by atoms with van der Waals surface area (Å²) >= 11 is 12.4. The fourth-order valence-electron chi connectivity index (χ4n) is 2.45. The molecule has 0 aliphatic heterocycles. The summed E-state index contributed by atoms with van der Waals surface area (Å²) in [6.07, 6.45) is 1.53. The van der Waals surface area contributed by atoms with Gasteiger partial charge >= 0.3 is 0 Å². The topological polar surface area (TPSA) is 53.9 Å². The van der Waals surface area contributed by atoms with Gasteiger partial charge in [0.25, 0.3) is 5.95 Å². The normalized spacial score (nSPS) is 10.6. The minimum absolute atomic E-state index is 0.501. The van der Waals surface area contributed by atoms with Crippen LogP contribution in [0.5, 0.6) is 0 Å². The highest BCUT2D eigenvalue weighted by Crippen LogP contribution is 2.32. The Labute approximate surface area is 156 Å². The Morgan fingerprint density at radius 1 is 1.08 bits per heavy atom.